The van der Waals surface area contributed by atoms with Crippen LogP contribution in [0.3, 0.4) is 0 Å². The van der Waals surface area contributed by atoms with Gasteiger partial charge in [-0.05, 0) is 102 Å². The van der Waals surface area contributed by atoms with Gasteiger partial charge in [0.1, 0.15) is 5.75 Å². The number of rotatable bonds is 8. The number of amides is 1. The molecule has 3 fully saturated rings. The Morgan fingerprint density at radius 1 is 0.712 bits per heavy atom. The van der Waals surface area contributed by atoms with Gasteiger partial charge in [0.2, 0.25) is 0 Å². The molecule has 1 amide bonds. The van der Waals surface area contributed by atoms with Crippen molar-refractivity contribution in [3.05, 3.63) is 162 Å². The van der Waals surface area contributed by atoms with E-state index in [0.29, 0.717) is 24.2 Å². The molecule has 0 radical (unpaired) electrons. The van der Waals surface area contributed by atoms with E-state index in [-0.39, 0.29) is 36.1 Å². The van der Waals surface area contributed by atoms with Gasteiger partial charge in [0.05, 0.1) is 18.2 Å². The Morgan fingerprint density at radius 2 is 1.36 bits per heavy atom. The molecule has 6 heteroatoms. The van der Waals surface area contributed by atoms with Gasteiger partial charge in [0.15, 0.2) is 5.78 Å². The zero-order valence-corrected chi connectivity index (χ0v) is 34.0. The Hall–Kier alpha value is -5.30. The molecule has 3 saturated carbocycles. The highest BCUT2D eigenvalue weighted by molar-refractivity contribution is 6.10. The van der Waals surface area contributed by atoms with Crippen molar-refractivity contribution in [3.8, 4) is 16.9 Å². The summed E-state index contributed by atoms with van der Waals surface area (Å²) < 4.78 is 6.12. The maximum atomic E-state index is 15.2. The first-order chi connectivity index (χ1) is 28.5. The van der Waals surface area contributed by atoms with E-state index in [2.05, 4.69) is 44.2 Å². The summed E-state index contributed by atoms with van der Waals surface area (Å²) in [6.07, 6.45) is 11.1. The number of benzene rings is 5. The second kappa shape index (κ2) is 13.9. The molecule has 11 rings (SSSR count). The van der Waals surface area contributed by atoms with Crippen molar-refractivity contribution in [1.82, 2.24) is 4.90 Å². The van der Waals surface area contributed by atoms with Crippen LogP contribution in [0.15, 0.2) is 151 Å². The minimum atomic E-state index is -1.25. The zero-order chi connectivity index (χ0) is 40.6. The lowest BCUT2D eigenvalue weighted by Gasteiger charge is -2.71. The second-order valence-electron chi connectivity index (χ2n) is 18.8. The number of ether oxygens (including phenoxy) is 1. The molecule has 2 bridgehead atoms. The minimum absolute atomic E-state index is 0.0322. The van der Waals surface area contributed by atoms with Gasteiger partial charge < -0.3 is 19.8 Å². The molecule has 0 aromatic heterocycles. The number of ketones is 1. The Labute approximate surface area is 347 Å². The molecule has 59 heavy (non-hydrogen) atoms. The largest absolute Gasteiger partial charge is 0.415 e. The lowest BCUT2D eigenvalue weighted by Crippen LogP contribution is -2.67. The van der Waals surface area contributed by atoms with Gasteiger partial charge in [-0.25, -0.2) is 4.79 Å². The van der Waals surface area contributed by atoms with Crippen LogP contribution in [0.4, 0.5) is 4.79 Å². The van der Waals surface area contributed by atoms with Crippen LogP contribution in [-0.2, 0) is 6.54 Å². The number of Topliss-reactive ketones (excluding diaryl/α,β-unsaturated/α-hetero) is 1. The van der Waals surface area contributed by atoms with E-state index in [4.69, 9.17) is 4.74 Å². The van der Waals surface area contributed by atoms with Gasteiger partial charge in [-0.1, -0.05) is 147 Å². The van der Waals surface area contributed by atoms with Crippen molar-refractivity contribution in [2.24, 2.45) is 33.5 Å². The average Bonchev–Trinajstić information content (AvgIpc) is 3.53. The molecule has 2 N–H and O–H groups in total. The number of aliphatic hydroxyl groups excluding tert-OH is 1. The molecule has 8 unspecified atom stereocenters. The molecular weight excluding hydrogens is 731 g/mol. The smallest absolute Gasteiger partial charge is 0.410 e. The van der Waals surface area contributed by atoms with Gasteiger partial charge in [-0.3, -0.25) is 4.79 Å². The van der Waals surface area contributed by atoms with Crippen molar-refractivity contribution in [1.29, 1.82) is 0 Å². The van der Waals surface area contributed by atoms with Crippen LogP contribution in [0.2, 0.25) is 0 Å². The van der Waals surface area contributed by atoms with E-state index in [1.54, 1.807) is 4.90 Å². The molecule has 5 aromatic carbocycles. The van der Waals surface area contributed by atoms with E-state index in [1.807, 2.05) is 115 Å². The fourth-order valence-electron chi connectivity index (χ4n) is 12.9. The molecule has 8 atom stereocenters. The quantitative estimate of drug-likeness (QED) is 0.121. The van der Waals surface area contributed by atoms with Crippen LogP contribution in [0.5, 0.6) is 5.75 Å². The van der Waals surface area contributed by atoms with Crippen molar-refractivity contribution in [2.45, 2.75) is 77.0 Å². The Balaban J connectivity index is 1.02. The first kappa shape index (κ1) is 37.9. The summed E-state index contributed by atoms with van der Waals surface area (Å²) in [6, 6.07) is 41.8. The molecule has 6 aliphatic rings. The van der Waals surface area contributed by atoms with Gasteiger partial charge >= 0.3 is 6.09 Å². The summed E-state index contributed by atoms with van der Waals surface area (Å²) in [4.78, 5) is 31.3. The van der Waals surface area contributed by atoms with Gasteiger partial charge in [-0.15, -0.1) is 0 Å². The Bertz CT molecular complexity index is 2500. The fraction of sp³-hybridized carbons (Fsp3) is 0.358. The van der Waals surface area contributed by atoms with Gasteiger partial charge in [0.25, 0.3) is 0 Å². The standard InChI is InChI=1S/C53H53NO5/c1-49-26-23-42(55)32-51(49)29-30-53(44(33-51)47(56)40-19-17-39(18-20-40)37-13-7-4-8-14-37)45(49)24-27-50(2)46(53)25-28-52(50,58)35-54(34-36-11-5-3-6-12-36)48(57)59-43-22-21-38-15-9-10-16-41(38)31-43/h3-22,29-31,33,42,45-46,55,58H,23-28,32,34-35H2,1-2H3. The summed E-state index contributed by atoms with van der Waals surface area (Å²) in [5.41, 5.74) is 1.55. The lowest BCUT2D eigenvalue weighted by atomic mass is 9.32. The fourth-order valence-corrected chi connectivity index (χ4v) is 12.9. The summed E-state index contributed by atoms with van der Waals surface area (Å²) in [5, 5.41) is 26.5. The van der Waals surface area contributed by atoms with Crippen LogP contribution in [0.1, 0.15) is 74.7 Å². The Kier molecular flexibility index (Phi) is 8.93. The Morgan fingerprint density at radius 3 is 2.12 bits per heavy atom. The second-order valence-corrected chi connectivity index (χ2v) is 18.8. The third kappa shape index (κ3) is 5.81. The minimum Gasteiger partial charge on any atom is -0.410 e. The summed E-state index contributed by atoms with van der Waals surface area (Å²) >= 11 is 0. The van der Waals surface area contributed by atoms with Crippen LogP contribution in [0, 0.1) is 33.5 Å². The lowest BCUT2D eigenvalue weighted by molar-refractivity contribution is -0.175. The third-order valence-electron chi connectivity index (χ3n) is 16.1. The van der Waals surface area contributed by atoms with Crippen molar-refractivity contribution in [2.75, 3.05) is 6.54 Å². The molecule has 5 aromatic rings. The predicted molar refractivity (Wildman–Crippen MR) is 232 cm³/mol. The number of hydrogen-bond donors (Lipinski definition) is 2. The molecule has 6 nitrogen and oxygen atoms in total. The maximum Gasteiger partial charge on any atom is 0.415 e. The first-order valence-corrected chi connectivity index (χ1v) is 21.5. The molecule has 0 heterocycles. The molecule has 0 aliphatic heterocycles. The van der Waals surface area contributed by atoms with Crippen LogP contribution < -0.4 is 4.74 Å². The normalized spacial score (nSPS) is 32.7. The van der Waals surface area contributed by atoms with Gasteiger partial charge in [0, 0.05) is 33.9 Å². The van der Waals surface area contributed by atoms with E-state index in [9.17, 15) is 15.0 Å². The number of carbonyl (C=O) groups excluding carboxylic acids is 2. The highest BCUT2D eigenvalue weighted by Crippen LogP contribution is 2.78. The number of fused-ring (bicyclic) bond motifs is 2. The number of carbonyl (C=O) groups is 2. The van der Waals surface area contributed by atoms with E-state index >= 15 is 4.79 Å². The summed E-state index contributed by atoms with van der Waals surface area (Å²) in [6.45, 7) is 5.02. The molecule has 6 aliphatic carbocycles. The number of allylic oxidation sites excluding steroid dienone is 4. The maximum absolute atomic E-state index is 15.2. The number of nitrogens with zero attached hydrogens (tertiary/aromatic N) is 1. The highest BCUT2D eigenvalue weighted by atomic mass is 16.6. The number of hydrogen-bond acceptors (Lipinski definition) is 5. The van der Waals surface area contributed by atoms with Crippen molar-refractivity contribution >= 4 is 22.6 Å². The average molecular weight is 784 g/mol. The number of aliphatic hydroxyl groups is 2. The molecular formula is C53H53NO5. The highest BCUT2D eigenvalue weighted by Gasteiger charge is 2.74. The molecule has 2 spiro atoms. The SMILES string of the molecule is CC12CCC(O)CC13C=CC1(C(C(=O)c4ccc(-c5ccccc5)cc4)=C3)C2CCC2(C)C1CCC2(O)CN(Cc1ccccc1)C(=O)Oc1ccc2ccccc2c1. The van der Waals surface area contributed by atoms with Crippen LogP contribution in [-0.4, -0.2) is 45.2 Å². The molecule has 0 saturated heterocycles. The van der Waals surface area contributed by atoms with Crippen molar-refractivity contribution < 1.29 is 24.5 Å². The van der Waals surface area contributed by atoms with Gasteiger partial charge in [-0.2, -0.15) is 0 Å². The zero-order valence-electron chi connectivity index (χ0n) is 34.0. The summed E-state index contributed by atoms with van der Waals surface area (Å²) in [5.74, 6) is 0.608. The van der Waals surface area contributed by atoms with Crippen LogP contribution in [0.25, 0.3) is 21.9 Å². The predicted octanol–water partition coefficient (Wildman–Crippen LogP) is 11.0. The summed E-state index contributed by atoms with van der Waals surface area (Å²) in [7, 11) is 0. The monoisotopic (exact) mass is 783 g/mol. The first-order valence-electron chi connectivity index (χ1n) is 21.5. The van der Waals surface area contributed by atoms with E-state index in [0.717, 1.165) is 65.1 Å². The van der Waals surface area contributed by atoms with Crippen molar-refractivity contribution in [3.63, 3.8) is 0 Å². The topological polar surface area (TPSA) is 87.1 Å². The molecule has 300 valence electrons. The van der Waals surface area contributed by atoms with E-state index in [1.165, 1.54) is 0 Å². The van der Waals surface area contributed by atoms with Crippen LogP contribution >= 0.6 is 0 Å². The van der Waals surface area contributed by atoms with E-state index < -0.39 is 34.0 Å². The third-order valence-corrected chi connectivity index (χ3v) is 16.1.